The predicted octanol–water partition coefficient (Wildman–Crippen LogP) is 5.04. The number of β-amino-alcohol motifs (C(OH)–C–C–N with tert-alkyl or cyclic N) is 1. The lowest BCUT2D eigenvalue weighted by molar-refractivity contribution is -0.113. The highest BCUT2D eigenvalue weighted by molar-refractivity contribution is 7.70. The van der Waals surface area contributed by atoms with Gasteiger partial charge in [-0.3, -0.25) is 9.69 Å². The first kappa shape index (κ1) is 31.2. The van der Waals surface area contributed by atoms with Gasteiger partial charge in [-0.2, -0.15) is 0 Å². The molecule has 0 radical (unpaired) electrons. The number of hydrogen-bond donors (Lipinski definition) is 4. The molecule has 214 valence electrons. The number of hydrogen-bond acceptors (Lipinski definition) is 8. The van der Waals surface area contributed by atoms with E-state index in [2.05, 4.69) is 34.1 Å². The molecule has 40 heavy (non-hydrogen) atoms. The number of benzene rings is 2. The summed E-state index contributed by atoms with van der Waals surface area (Å²) in [4.78, 5) is 19.0. The third-order valence-corrected chi connectivity index (χ3v) is 8.15. The van der Waals surface area contributed by atoms with E-state index in [-0.39, 0.29) is 17.8 Å². The molecule has 1 heterocycles. The predicted molar refractivity (Wildman–Crippen MR) is 167 cm³/mol. The van der Waals surface area contributed by atoms with Crippen molar-refractivity contribution in [1.82, 2.24) is 4.90 Å². The third kappa shape index (κ3) is 8.83. The second-order valence-corrected chi connectivity index (χ2v) is 13.5. The molecule has 1 unspecified atom stereocenters. The van der Waals surface area contributed by atoms with Crippen LogP contribution in [0.25, 0.3) is 0 Å². The van der Waals surface area contributed by atoms with Gasteiger partial charge in [0.25, 0.3) is 5.91 Å². The van der Waals surface area contributed by atoms with Crippen LogP contribution in [0.2, 0.25) is 0 Å². The Morgan fingerprint density at radius 2 is 1.93 bits per heavy atom. The number of halogens is 1. The summed E-state index contributed by atoms with van der Waals surface area (Å²) in [6, 6.07) is 12.5. The molecule has 0 aliphatic carbocycles. The molecule has 1 atom stereocenters. The van der Waals surface area contributed by atoms with Gasteiger partial charge in [0.15, 0.2) is 0 Å². The largest absolute Gasteiger partial charge is 0.495 e. The topological polar surface area (TPSA) is 115 Å². The zero-order valence-corrected chi connectivity index (χ0v) is 25.0. The first-order chi connectivity index (χ1) is 18.9. The molecular weight excluding hydrogens is 549 g/mol. The molecule has 9 nitrogen and oxygen atoms in total. The minimum Gasteiger partial charge on any atom is -0.495 e. The molecule has 0 spiro atoms. The standard InChI is InChI=1S/C29H37ClN5O4P/c1-19(17-35-14-13-23(36)18-35)29(37)34-22-11-12-27(39-4)26(15-22)33-21(3)31-16-24(30)20(2)32-25-9-7-8-10-28(25)40(5,6)38/h7-12,15-16,23,32-33,36H,1,3,13-14,17-18H2,2,4-6H3,(H,34,37)/b24-20-,31-16?. The molecule has 0 bridgehead atoms. The van der Waals surface area contributed by atoms with Gasteiger partial charge >= 0.3 is 0 Å². The van der Waals surface area contributed by atoms with Crippen LogP contribution >= 0.6 is 18.7 Å². The number of allylic oxidation sites excluding steroid dienone is 2. The molecule has 1 fully saturated rings. The highest BCUT2D eigenvalue weighted by atomic mass is 35.5. The Labute approximate surface area is 241 Å². The Bertz CT molecular complexity index is 1380. The molecule has 1 saturated heterocycles. The number of aliphatic hydroxyl groups is 1. The van der Waals surface area contributed by atoms with Gasteiger partial charge in [-0.1, -0.05) is 36.9 Å². The summed E-state index contributed by atoms with van der Waals surface area (Å²) in [5.41, 5.74) is 2.84. The molecule has 4 N–H and O–H groups in total. The van der Waals surface area contributed by atoms with Crippen LogP contribution in [0.5, 0.6) is 5.75 Å². The number of aliphatic imine (C=N–C) groups is 1. The van der Waals surface area contributed by atoms with Crippen LogP contribution in [-0.2, 0) is 9.36 Å². The molecule has 1 aliphatic rings. The van der Waals surface area contributed by atoms with E-state index in [0.717, 1.165) is 17.5 Å². The normalized spacial score (nSPS) is 16.4. The van der Waals surface area contributed by atoms with Crippen molar-refractivity contribution in [1.29, 1.82) is 0 Å². The van der Waals surface area contributed by atoms with Crippen molar-refractivity contribution in [3.05, 3.63) is 77.7 Å². The summed E-state index contributed by atoms with van der Waals surface area (Å²) in [6.07, 6.45) is 1.79. The van der Waals surface area contributed by atoms with Crippen LogP contribution in [0.4, 0.5) is 17.1 Å². The van der Waals surface area contributed by atoms with Gasteiger partial charge in [-0.05, 0) is 57.0 Å². The summed E-state index contributed by atoms with van der Waals surface area (Å²) in [5, 5.41) is 19.9. The van der Waals surface area contributed by atoms with E-state index in [1.54, 1.807) is 38.5 Å². The first-order valence-corrected chi connectivity index (χ1v) is 15.7. The van der Waals surface area contributed by atoms with Crippen LogP contribution in [0.3, 0.4) is 0 Å². The van der Waals surface area contributed by atoms with Gasteiger partial charge in [-0.15, -0.1) is 0 Å². The molecule has 0 saturated carbocycles. The Morgan fingerprint density at radius 3 is 2.58 bits per heavy atom. The summed E-state index contributed by atoms with van der Waals surface area (Å²) in [6.45, 7) is 14.7. The van der Waals surface area contributed by atoms with Crippen LogP contribution < -0.4 is 26.0 Å². The summed E-state index contributed by atoms with van der Waals surface area (Å²) in [5.74, 6) is 0.508. The number of methoxy groups -OCH3 is 1. The van der Waals surface area contributed by atoms with E-state index in [1.807, 2.05) is 29.2 Å². The van der Waals surface area contributed by atoms with Crippen molar-refractivity contribution >= 4 is 53.2 Å². The van der Waals surface area contributed by atoms with E-state index in [4.69, 9.17) is 16.3 Å². The zero-order chi connectivity index (χ0) is 29.4. The lowest BCUT2D eigenvalue weighted by Crippen LogP contribution is -2.28. The summed E-state index contributed by atoms with van der Waals surface area (Å²) < 4.78 is 18.1. The van der Waals surface area contributed by atoms with Gasteiger partial charge in [0.05, 0.1) is 23.9 Å². The van der Waals surface area contributed by atoms with Crippen molar-refractivity contribution in [2.75, 3.05) is 56.0 Å². The van der Waals surface area contributed by atoms with Gasteiger partial charge in [0.1, 0.15) is 18.7 Å². The number of anilines is 3. The van der Waals surface area contributed by atoms with Crippen molar-refractivity contribution in [2.24, 2.45) is 4.99 Å². The maximum absolute atomic E-state index is 12.7. The lowest BCUT2D eigenvalue weighted by Gasteiger charge is -2.17. The maximum atomic E-state index is 12.7. The van der Waals surface area contributed by atoms with Crippen molar-refractivity contribution in [3.8, 4) is 5.75 Å². The number of ether oxygens (including phenoxy) is 1. The van der Waals surface area contributed by atoms with Crippen LogP contribution in [0.1, 0.15) is 13.3 Å². The monoisotopic (exact) mass is 585 g/mol. The second kappa shape index (κ2) is 13.8. The fourth-order valence-corrected chi connectivity index (χ4v) is 5.38. The molecule has 0 aromatic heterocycles. The number of carbonyl (C=O) groups is 1. The number of aliphatic hydroxyl groups excluding tert-OH is 1. The number of nitrogens with one attached hydrogen (secondary N) is 3. The van der Waals surface area contributed by atoms with Crippen LogP contribution in [-0.4, -0.2) is 68.3 Å². The average molecular weight is 586 g/mol. The number of nitrogens with zero attached hydrogens (tertiary/aromatic N) is 2. The van der Waals surface area contributed by atoms with Gasteiger partial charge in [0.2, 0.25) is 0 Å². The quantitative estimate of drug-likeness (QED) is 0.157. The van der Waals surface area contributed by atoms with Crippen LogP contribution in [0.15, 0.2) is 82.7 Å². The fourth-order valence-electron chi connectivity index (χ4n) is 4.13. The summed E-state index contributed by atoms with van der Waals surface area (Å²) in [7, 11) is -0.951. The lowest BCUT2D eigenvalue weighted by atomic mass is 10.2. The first-order valence-electron chi connectivity index (χ1n) is 12.7. The fraction of sp³-hybridized carbons (Fsp3) is 0.310. The molecule has 2 aromatic carbocycles. The molecule has 11 heteroatoms. The number of amides is 1. The number of carbonyl (C=O) groups excluding carboxylic acids is 1. The Morgan fingerprint density at radius 1 is 1.20 bits per heavy atom. The average Bonchev–Trinajstić information content (AvgIpc) is 3.31. The minimum absolute atomic E-state index is 0.289. The van der Waals surface area contributed by atoms with Crippen molar-refractivity contribution in [2.45, 2.75) is 19.4 Å². The van der Waals surface area contributed by atoms with E-state index in [9.17, 15) is 14.5 Å². The molecule has 2 aromatic rings. The summed E-state index contributed by atoms with van der Waals surface area (Å²) >= 11 is 6.47. The number of likely N-dealkylation sites (tertiary alicyclic amines) is 1. The van der Waals surface area contributed by atoms with E-state index in [1.165, 1.54) is 13.3 Å². The van der Waals surface area contributed by atoms with Crippen molar-refractivity contribution in [3.63, 3.8) is 0 Å². The maximum Gasteiger partial charge on any atom is 0.252 e. The van der Waals surface area contributed by atoms with Crippen molar-refractivity contribution < 1.29 is 19.2 Å². The molecular formula is C29H37ClN5O4P. The van der Waals surface area contributed by atoms with Gasteiger partial charge < -0.3 is 30.4 Å². The molecule has 3 rings (SSSR count). The van der Waals surface area contributed by atoms with E-state index >= 15 is 0 Å². The SMILES string of the molecule is C=C(N=C/C(Cl)=C(\C)Nc1ccccc1P(C)(C)=O)Nc1cc(NC(=O)C(=C)CN2CCC(O)C2)ccc1OC. The Hall–Kier alpha value is -3.36. The highest BCUT2D eigenvalue weighted by Crippen LogP contribution is 2.38. The van der Waals surface area contributed by atoms with Gasteiger partial charge in [-0.25, -0.2) is 4.99 Å². The minimum atomic E-state index is -2.49. The number of rotatable bonds is 12. The molecule has 1 amide bonds. The third-order valence-electron chi connectivity index (χ3n) is 6.22. The van der Waals surface area contributed by atoms with Crippen LogP contribution in [0, 0.1) is 0 Å². The smallest absolute Gasteiger partial charge is 0.252 e. The second-order valence-electron chi connectivity index (χ2n) is 9.95. The Kier molecular flexibility index (Phi) is 10.8. The number of para-hydroxylation sites is 1. The van der Waals surface area contributed by atoms with E-state index < -0.39 is 7.14 Å². The van der Waals surface area contributed by atoms with E-state index in [0.29, 0.717) is 52.9 Å². The molecule has 1 aliphatic heterocycles. The zero-order valence-electron chi connectivity index (χ0n) is 23.3. The Balaban J connectivity index is 1.65. The highest BCUT2D eigenvalue weighted by Gasteiger charge is 2.22. The van der Waals surface area contributed by atoms with Gasteiger partial charge in [0, 0.05) is 53.8 Å².